The first-order valence-electron chi connectivity index (χ1n) is 15.6. The largest absolute Gasteiger partial charge is 0.454 e. The summed E-state index contributed by atoms with van der Waals surface area (Å²) < 4.78 is 24.9. The molecule has 2 aliphatic carbocycles. The van der Waals surface area contributed by atoms with Gasteiger partial charge in [0.05, 0.1) is 10.7 Å². The second kappa shape index (κ2) is 16.1. The fourth-order valence-electron chi connectivity index (χ4n) is 5.94. The molecular weight excluding hydrogens is 593 g/mol. The number of ether oxygens (including phenoxy) is 1. The molecule has 3 aromatic carbocycles. The van der Waals surface area contributed by atoms with Gasteiger partial charge in [-0.2, -0.15) is 0 Å². The zero-order chi connectivity index (χ0) is 30.7. The van der Waals surface area contributed by atoms with Crippen molar-refractivity contribution in [1.82, 2.24) is 9.97 Å². The summed E-state index contributed by atoms with van der Waals surface area (Å²) in [7, 11) is 1.50. The summed E-state index contributed by atoms with van der Waals surface area (Å²) in [5.41, 5.74) is 7.93. The van der Waals surface area contributed by atoms with Gasteiger partial charge in [0.15, 0.2) is 11.6 Å². The van der Waals surface area contributed by atoms with Crippen LogP contribution in [0.5, 0.6) is 11.5 Å². The van der Waals surface area contributed by atoms with E-state index < -0.39 is 5.82 Å². The lowest BCUT2D eigenvalue weighted by atomic mass is 9.83. The molecule has 0 aliphatic heterocycles. The molecule has 6 nitrogen and oxygen atoms in total. The minimum absolute atomic E-state index is 0.167. The van der Waals surface area contributed by atoms with Crippen molar-refractivity contribution in [3.05, 3.63) is 89.3 Å². The van der Waals surface area contributed by atoms with E-state index in [-0.39, 0.29) is 5.75 Å². The Balaban J connectivity index is 0.00000188. The van der Waals surface area contributed by atoms with Crippen molar-refractivity contribution in [2.45, 2.75) is 81.1 Å². The second-order valence-corrected chi connectivity index (χ2v) is 12.5. The van der Waals surface area contributed by atoms with Crippen molar-refractivity contribution in [2.24, 2.45) is 5.73 Å². The van der Waals surface area contributed by atoms with Crippen molar-refractivity contribution < 1.29 is 9.13 Å². The molecule has 0 spiro atoms. The van der Waals surface area contributed by atoms with Gasteiger partial charge < -0.3 is 20.5 Å². The highest BCUT2D eigenvalue weighted by atomic mass is 35.5. The Morgan fingerprint density at radius 1 is 0.864 bits per heavy atom. The summed E-state index contributed by atoms with van der Waals surface area (Å²) in [4.78, 5) is 10.2. The lowest BCUT2D eigenvalue weighted by Crippen LogP contribution is -2.23. The normalized spacial score (nSPS) is 15.6. The highest BCUT2D eigenvalue weighted by Crippen LogP contribution is 2.40. The first kappa shape index (κ1) is 32.1. The van der Waals surface area contributed by atoms with Crippen LogP contribution in [0.4, 0.5) is 16.0 Å². The topological polar surface area (TPSA) is 85.1 Å². The Bertz CT molecular complexity index is 1510. The van der Waals surface area contributed by atoms with E-state index in [1.165, 1.54) is 82.0 Å². The molecular formula is C35H41ClFN5OS. The van der Waals surface area contributed by atoms with Gasteiger partial charge in [-0.1, -0.05) is 68.3 Å². The Morgan fingerprint density at radius 2 is 1.61 bits per heavy atom. The van der Waals surface area contributed by atoms with E-state index in [1.807, 2.05) is 36.4 Å². The SMILES string of the molecule is CN.Fc1cc(NSc2ccccc2Cl)ccc1Oc1cc(C2CCCCC2)ccc1-c1ccnc(NC2CCCCC2)n1. The van der Waals surface area contributed by atoms with Crippen molar-refractivity contribution in [3.63, 3.8) is 0 Å². The molecule has 4 aromatic rings. The molecule has 0 saturated heterocycles. The highest BCUT2D eigenvalue weighted by molar-refractivity contribution is 8.00. The Kier molecular flexibility index (Phi) is 11.7. The quantitative estimate of drug-likeness (QED) is 0.158. The molecule has 4 N–H and O–H groups in total. The maximum atomic E-state index is 15.4. The van der Waals surface area contributed by atoms with Crippen molar-refractivity contribution in [3.8, 4) is 22.8 Å². The Labute approximate surface area is 269 Å². The lowest BCUT2D eigenvalue weighted by molar-refractivity contribution is 0.432. The van der Waals surface area contributed by atoms with Crippen LogP contribution in [-0.2, 0) is 0 Å². The van der Waals surface area contributed by atoms with Crippen molar-refractivity contribution in [2.75, 3.05) is 17.1 Å². The van der Waals surface area contributed by atoms with E-state index in [1.54, 1.807) is 12.3 Å². The van der Waals surface area contributed by atoms with Crippen LogP contribution in [-0.4, -0.2) is 23.1 Å². The van der Waals surface area contributed by atoms with Crippen molar-refractivity contribution >= 4 is 35.2 Å². The number of hydrogen-bond acceptors (Lipinski definition) is 7. The molecule has 2 fully saturated rings. The maximum Gasteiger partial charge on any atom is 0.223 e. The van der Waals surface area contributed by atoms with Gasteiger partial charge in [-0.25, -0.2) is 14.4 Å². The van der Waals surface area contributed by atoms with Crippen LogP contribution >= 0.6 is 23.5 Å². The summed E-state index contributed by atoms with van der Waals surface area (Å²) in [6.45, 7) is 0. The number of nitrogens with zero attached hydrogens (tertiary/aromatic N) is 2. The summed E-state index contributed by atoms with van der Waals surface area (Å²) in [6, 6.07) is 21.1. The number of hydrogen-bond donors (Lipinski definition) is 3. The Hall–Kier alpha value is -3.33. The van der Waals surface area contributed by atoms with E-state index in [0.717, 1.165) is 29.0 Å². The molecule has 0 atom stereocenters. The van der Waals surface area contributed by atoms with Crippen LogP contribution in [0.2, 0.25) is 5.02 Å². The summed E-state index contributed by atoms with van der Waals surface area (Å²) >= 11 is 7.60. The number of nitrogens with two attached hydrogens (primary N) is 1. The average Bonchev–Trinajstić information content (AvgIpc) is 3.07. The van der Waals surface area contributed by atoms with Crippen LogP contribution in [0.3, 0.4) is 0 Å². The predicted molar refractivity (Wildman–Crippen MR) is 181 cm³/mol. The zero-order valence-electron chi connectivity index (χ0n) is 25.2. The third-order valence-electron chi connectivity index (χ3n) is 8.22. The smallest absolute Gasteiger partial charge is 0.223 e. The molecule has 0 amide bonds. The van der Waals surface area contributed by atoms with Crippen LogP contribution in [0.25, 0.3) is 11.3 Å². The van der Waals surface area contributed by atoms with Gasteiger partial charge in [0.2, 0.25) is 5.95 Å². The van der Waals surface area contributed by atoms with E-state index in [4.69, 9.17) is 21.3 Å². The molecule has 1 heterocycles. The van der Waals surface area contributed by atoms with Crippen molar-refractivity contribution in [1.29, 1.82) is 0 Å². The molecule has 6 rings (SSSR count). The van der Waals surface area contributed by atoms with E-state index >= 15 is 4.39 Å². The van der Waals surface area contributed by atoms with Gasteiger partial charge in [0.25, 0.3) is 0 Å². The molecule has 2 saturated carbocycles. The molecule has 232 valence electrons. The predicted octanol–water partition coefficient (Wildman–Crippen LogP) is 10.2. The van der Waals surface area contributed by atoms with E-state index in [9.17, 15) is 0 Å². The fraction of sp³-hybridized carbons (Fsp3) is 0.371. The van der Waals surface area contributed by atoms with Gasteiger partial charge in [0.1, 0.15) is 5.75 Å². The minimum atomic E-state index is -0.448. The minimum Gasteiger partial charge on any atom is -0.454 e. The molecule has 0 unspecified atom stereocenters. The lowest BCUT2D eigenvalue weighted by Gasteiger charge is -2.24. The van der Waals surface area contributed by atoms with E-state index in [0.29, 0.717) is 34.4 Å². The second-order valence-electron chi connectivity index (χ2n) is 11.2. The van der Waals surface area contributed by atoms with Crippen LogP contribution < -0.4 is 20.5 Å². The first-order chi connectivity index (χ1) is 21.6. The van der Waals surface area contributed by atoms with Crippen LogP contribution in [0.15, 0.2) is 77.8 Å². The van der Waals surface area contributed by atoms with E-state index in [2.05, 4.69) is 39.0 Å². The third kappa shape index (κ3) is 8.43. The van der Waals surface area contributed by atoms with Gasteiger partial charge in [-0.15, -0.1) is 0 Å². The number of benzene rings is 3. The standard InChI is InChI=1S/C34H36ClFN4OS.CH5N/c35-28-13-7-8-14-33(28)42-40-26-16-18-31(29(36)22-26)41-32-21-24(23-9-3-1-4-10-23)15-17-27(32)30-19-20-37-34(39-30)38-25-11-5-2-6-12-25;1-2/h7-8,13-23,25,40H,1-6,9-12H2,(H,37,38,39);2H2,1H3. The monoisotopic (exact) mass is 633 g/mol. The number of nitrogens with one attached hydrogen (secondary N) is 2. The molecule has 0 radical (unpaired) electrons. The zero-order valence-corrected chi connectivity index (χ0v) is 26.8. The molecule has 44 heavy (non-hydrogen) atoms. The summed E-state index contributed by atoms with van der Waals surface area (Å²) in [5, 5.41) is 4.17. The number of rotatable bonds is 9. The van der Waals surface area contributed by atoms with Crippen LogP contribution in [0.1, 0.15) is 75.7 Å². The number of halogens is 2. The van der Waals surface area contributed by atoms with Gasteiger partial charge in [0, 0.05) is 34.5 Å². The molecule has 2 aliphatic rings. The van der Waals surface area contributed by atoms with Gasteiger partial charge in [-0.05, 0) is 98.6 Å². The fourth-order valence-corrected chi connectivity index (χ4v) is 6.86. The van der Waals surface area contributed by atoms with Gasteiger partial charge in [-0.3, -0.25) is 0 Å². The first-order valence-corrected chi connectivity index (χ1v) is 16.8. The summed E-state index contributed by atoms with van der Waals surface area (Å²) in [5.74, 6) is 1.43. The average molecular weight is 634 g/mol. The third-order valence-corrected chi connectivity index (χ3v) is 9.57. The Morgan fingerprint density at radius 3 is 2.36 bits per heavy atom. The van der Waals surface area contributed by atoms with Gasteiger partial charge >= 0.3 is 0 Å². The number of aromatic nitrogens is 2. The molecule has 1 aromatic heterocycles. The molecule has 9 heteroatoms. The summed E-state index contributed by atoms with van der Waals surface area (Å²) in [6.07, 6.45) is 13.9. The highest BCUT2D eigenvalue weighted by Gasteiger charge is 2.20. The molecule has 0 bridgehead atoms. The maximum absolute atomic E-state index is 15.4. The van der Waals surface area contributed by atoms with Crippen LogP contribution in [0, 0.1) is 5.82 Å². The number of anilines is 2.